The van der Waals surface area contributed by atoms with Crippen LogP contribution in [0.25, 0.3) is 10.9 Å². The lowest BCUT2D eigenvalue weighted by Crippen LogP contribution is -2.36. The first-order chi connectivity index (χ1) is 16.4. The van der Waals surface area contributed by atoms with E-state index in [0.717, 1.165) is 23.5 Å². The van der Waals surface area contributed by atoms with Gasteiger partial charge in [-0.15, -0.1) is 0 Å². The lowest BCUT2D eigenvalue weighted by Gasteiger charge is -2.34. The number of ether oxygens (including phenoxy) is 1. The van der Waals surface area contributed by atoms with Crippen molar-refractivity contribution >= 4 is 44.7 Å². The molecule has 8 nitrogen and oxygen atoms in total. The molecule has 6 rings (SSSR count). The Kier molecular flexibility index (Phi) is 4.77. The molecule has 4 heterocycles. The normalized spacial score (nSPS) is 19.1. The zero-order valence-electron chi connectivity index (χ0n) is 18.4. The van der Waals surface area contributed by atoms with Crippen molar-refractivity contribution in [2.24, 2.45) is 9.98 Å². The number of aliphatic imine (C=N–C) groups is 2. The minimum atomic E-state index is -3.77. The highest BCUT2D eigenvalue weighted by Gasteiger charge is 2.41. The SMILES string of the molecule is CN(C)S(=O)(=O)c1cc2c(c3ncccc13)OC1=C(C3=NCCN3C=N1)C2c1ccc(Cl)cc1. The fourth-order valence-corrected chi connectivity index (χ4v) is 5.86. The zero-order valence-corrected chi connectivity index (χ0v) is 20.0. The van der Waals surface area contributed by atoms with Crippen LogP contribution >= 0.6 is 11.6 Å². The van der Waals surface area contributed by atoms with Crippen molar-refractivity contribution in [3.8, 4) is 5.75 Å². The summed E-state index contributed by atoms with van der Waals surface area (Å²) in [5.74, 6) is 1.36. The van der Waals surface area contributed by atoms with E-state index in [4.69, 9.17) is 21.3 Å². The Balaban J connectivity index is 1.70. The summed E-state index contributed by atoms with van der Waals surface area (Å²) in [6.45, 7) is 1.38. The first kappa shape index (κ1) is 21.3. The molecule has 3 aliphatic rings. The van der Waals surface area contributed by atoms with Gasteiger partial charge in [-0.1, -0.05) is 23.7 Å². The Morgan fingerprint density at radius 2 is 1.97 bits per heavy atom. The minimum Gasteiger partial charge on any atom is -0.436 e. The highest BCUT2D eigenvalue weighted by molar-refractivity contribution is 7.89. The monoisotopic (exact) mass is 493 g/mol. The van der Waals surface area contributed by atoms with Gasteiger partial charge in [0.05, 0.1) is 17.0 Å². The van der Waals surface area contributed by atoms with Gasteiger partial charge in [-0.25, -0.2) is 17.7 Å². The average Bonchev–Trinajstić information content (AvgIpc) is 3.32. The van der Waals surface area contributed by atoms with E-state index in [1.165, 1.54) is 18.4 Å². The second-order valence-electron chi connectivity index (χ2n) is 8.43. The van der Waals surface area contributed by atoms with Crippen LogP contribution in [-0.4, -0.2) is 62.0 Å². The Hall–Kier alpha value is -3.27. The van der Waals surface area contributed by atoms with Gasteiger partial charge in [0.25, 0.3) is 0 Å². The predicted molar refractivity (Wildman–Crippen MR) is 131 cm³/mol. The van der Waals surface area contributed by atoms with Crippen molar-refractivity contribution in [3.05, 3.63) is 76.3 Å². The molecule has 0 N–H and O–H groups in total. The third-order valence-electron chi connectivity index (χ3n) is 6.26. The van der Waals surface area contributed by atoms with Crippen LogP contribution in [0.1, 0.15) is 17.0 Å². The minimum absolute atomic E-state index is 0.176. The van der Waals surface area contributed by atoms with E-state index in [-0.39, 0.29) is 10.8 Å². The third-order valence-corrected chi connectivity index (χ3v) is 8.36. The summed E-state index contributed by atoms with van der Waals surface area (Å²) >= 11 is 6.19. The lowest BCUT2D eigenvalue weighted by atomic mass is 9.81. The molecule has 0 aliphatic carbocycles. The molecule has 3 aromatic rings. The first-order valence-electron chi connectivity index (χ1n) is 10.7. The molecule has 0 bridgehead atoms. The molecule has 34 heavy (non-hydrogen) atoms. The second kappa shape index (κ2) is 7.63. The lowest BCUT2D eigenvalue weighted by molar-refractivity contribution is 0.393. The molecule has 0 amide bonds. The average molecular weight is 494 g/mol. The molecular weight excluding hydrogens is 474 g/mol. The molecule has 0 fully saturated rings. The summed E-state index contributed by atoms with van der Waals surface area (Å²) < 4.78 is 34.3. The number of nitrogens with zero attached hydrogens (tertiary/aromatic N) is 5. The molecule has 3 aliphatic heterocycles. The number of halogens is 1. The van der Waals surface area contributed by atoms with Crippen molar-refractivity contribution in [2.75, 3.05) is 27.2 Å². The summed E-state index contributed by atoms with van der Waals surface area (Å²) in [4.78, 5) is 16.0. The summed E-state index contributed by atoms with van der Waals surface area (Å²) in [7, 11) is -0.727. The first-order valence-corrected chi connectivity index (χ1v) is 12.6. The van der Waals surface area contributed by atoms with Gasteiger partial charge in [0.1, 0.15) is 17.7 Å². The standard InChI is InChI=1S/C24H20ClN5O3S/c1-29(2)34(31,32)18-12-17-19(14-5-7-15(25)8-6-14)20-23-27-10-11-30(23)13-28-24(20)33-22(17)21-16(18)4-3-9-26-21/h3-9,12-13,19H,10-11H2,1-2H3. The van der Waals surface area contributed by atoms with Crippen LogP contribution in [0.5, 0.6) is 5.75 Å². The van der Waals surface area contributed by atoms with Crippen LogP contribution in [0, 0.1) is 0 Å². The molecular formula is C24H20ClN5O3S. The van der Waals surface area contributed by atoms with Crippen LogP contribution in [0.15, 0.2) is 75.0 Å². The number of aromatic nitrogens is 1. The third kappa shape index (κ3) is 3.08. The molecule has 0 spiro atoms. The van der Waals surface area contributed by atoms with Crippen LogP contribution < -0.4 is 4.74 Å². The van der Waals surface area contributed by atoms with Crippen LogP contribution in [0.4, 0.5) is 0 Å². The van der Waals surface area contributed by atoms with Crippen LogP contribution in [0.2, 0.25) is 5.02 Å². The summed E-state index contributed by atoms with van der Waals surface area (Å²) in [6.07, 6.45) is 3.36. The van der Waals surface area contributed by atoms with E-state index >= 15 is 0 Å². The van der Waals surface area contributed by atoms with Gasteiger partial charge in [-0.05, 0) is 35.9 Å². The number of hydrogen-bond acceptors (Lipinski definition) is 7. The highest BCUT2D eigenvalue weighted by Crippen LogP contribution is 2.49. The van der Waals surface area contributed by atoms with Gasteiger partial charge >= 0.3 is 0 Å². The van der Waals surface area contributed by atoms with Gasteiger partial charge in [0.2, 0.25) is 15.9 Å². The molecule has 10 heteroatoms. The maximum Gasteiger partial charge on any atom is 0.243 e. The largest absolute Gasteiger partial charge is 0.436 e. The number of hydrogen-bond donors (Lipinski definition) is 0. The van der Waals surface area contributed by atoms with Gasteiger partial charge in [0, 0.05) is 48.7 Å². The van der Waals surface area contributed by atoms with E-state index in [1.54, 1.807) is 30.7 Å². The number of rotatable bonds is 3. The fraction of sp³-hybridized carbons (Fsp3) is 0.208. The number of amidine groups is 1. The molecule has 1 atom stereocenters. The highest BCUT2D eigenvalue weighted by atomic mass is 35.5. The maximum atomic E-state index is 13.4. The molecule has 0 saturated heterocycles. The molecule has 0 radical (unpaired) electrons. The van der Waals surface area contributed by atoms with Crippen LogP contribution in [0.3, 0.4) is 0 Å². The molecule has 1 unspecified atom stereocenters. The van der Waals surface area contributed by atoms with Crippen LogP contribution in [-0.2, 0) is 10.0 Å². The van der Waals surface area contributed by atoms with E-state index in [9.17, 15) is 8.42 Å². The van der Waals surface area contributed by atoms with E-state index in [1.807, 2.05) is 29.2 Å². The van der Waals surface area contributed by atoms with Crippen molar-refractivity contribution in [1.29, 1.82) is 0 Å². The Labute approximate surface area is 201 Å². The Bertz CT molecular complexity index is 1540. The van der Waals surface area contributed by atoms with Gasteiger partial charge in [0.15, 0.2) is 5.75 Å². The number of fused-ring (bicyclic) bond motifs is 5. The Morgan fingerprint density at radius 1 is 1.18 bits per heavy atom. The maximum absolute atomic E-state index is 13.4. The van der Waals surface area contributed by atoms with E-state index < -0.39 is 10.0 Å². The molecule has 1 aromatic heterocycles. The zero-order chi connectivity index (χ0) is 23.6. The molecule has 172 valence electrons. The van der Waals surface area contributed by atoms with Gasteiger partial charge in [-0.3, -0.25) is 9.98 Å². The molecule has 0 saturated carbocycles. The molecule has 2 aromatic carbocycles. The van der Waals surface area contributed by atoms with Gasteiger partial charge < -0.3 is 9.64 Å². The Morgan fingerprint density at radius 3 is 2.74 bits per heavy atom. The van der Waals surface area contributed by atoms with Crippen molar-refractivity contribution in [3.63, 3.8) is 0 Å². The van der Waals surface area contributed by atoms with E-state index in [2.05, 4.69) is 9.98 Å². The summed E-state index contributed by atoms with van der Waals surface area (Å²) in [6, 6.07) is 12.7. The van der Waals surface area contributed by atoms with Gasteiger partial charge in [-0.2, -0.15) is 0 Å². The van der Waals surface area contributed by atoms with Crippen molar-refractivity contribution in [2.45, 2.75) is 10.8 Å². The number of sulfonamides is 1. The van der Waals surface area contributed by atoms with E-state index in [0.29, 0.717) is 39.7 Å². The second-order valence-corrected chi connectivity index (χ2v) is 11.0. The number of benzene rings is 2. The summed E-state index contributed by atoms with van der Waals surface area (Å²) in [5, 5.41) is 1.11. The fourth-order valence-electron chi connectivity index (χ4n) is 4.63. The topological polar surface area (TPSA) is 87.5 Å². The predicted octanol–water partition coefficient (Wildman–Crippen LogP) is 3.63. The quantitative estimate of drug-likeness (QED) is 0.556. The smallest absolute Gasteiger partial charge is 0.243 e. The summed E-state index contributed by atoms with van der Waals surface area (Å²) in [5.41, 5.74) is 2.89. The van der Waals surface area contributed by atoms with Crippen molar-refractivity contribution in [1.82, 2.24) is 14.2 Å². The van der Waals surface area contributed by atoms with Crippen molar-refractivity contribution < 1.29 is 13.2 Å². The number of pyridine rings is 1.